The van der Waals surface area contributed by atoms with Gasteiger partial charge in [-0.2, -0.15) is 0 Å². The van der Waals surface area contributed by atoms with Gasteiger partial charge in [-0.05, 0) is 25.6 Å². The second kappa shape index (κ2) is 5.70. The van der Waals surface area contributed by atoms with Crippen LogP contribution in [0, 0.1) is 0 Å². The van der Waals surface area contributed by atoms with Gasteiger partial charge in [0, 0.05) is 18.7 Å². The van der Waals surface area contributed by atoms with E-state index in [2.05, 4.69) is 20.6 Å². The SMILES string of the molecule is CSc1nc(Cl)cc(NC2CCCNC2)n1. The van der Waals surface area contributed by atoms with Crippen molar-refractivity contribution in [3.8, 4) is 0 Å². The van der Waals surface area contributed by atoms with Gasteiger partial charge in [0.1, 0.15) is 11.0 Å². The molecule has 0 radical (unpaired) electrons. The van der Waals surface area contributed by atoms with Gasteiger partial charge < -0.3 is 10.6 Å². The maximum absolute atomic E-state index is 5.93. The van der Waals surface area contributed by atoms with E-state index < -0.39 is 0 Å². The van der Waals surface area contributed by atoms with Crippen LogP contribution in [0.3, 0.4) is 0 Å². The number of halogens is 1. The van der Waals surface area contributed by atoms with Gasteiger partial charge in [-0.15, -0.1) is 0 Å². The van der Waals surface area contributed by atoms with E-state index in [0.717, 1.165) is 18.9 Å². The van der Waals surface area contributed by atoms with Crippen LogP contribution in [0.25, 0.3) is 0 Å². The van der Waals surface area contributed by atoms with Crippen molar-refractivity contribution in [1.29, 1.82) is 0 Å². The van der Waals surface area contributed by atoms with E-state index >= 15 is 0 Å². The molecule has 16 heavy (non-hydrogen) atoms. The fourth-order valence-electron chi connectivity index (χ4n) is 1.75. The second-order valence-electron chi connectivity index (χ2n) is 3.75. The number of nitrogens with one attached hydrogen (secondary N) is 2. The topological polar surface area (TPSA) is 49.8 Å². The summed E-state index contributed by atoms with van der Waals surface area (Å²) in [4.78, 5) is 8.48. The molecule has 1 fully saturated rings. The van der Waals surface area contributed by atoms with Gasteiger partial charge in [-0.3, -0.25) is 0 Å². The predicted octanol–water partition coefficient (Wildman–Crippen LogP) is 2.02. The predicted molar refractivity (Wildman–Crippen MR) is 68.3 cm³/mol. The quantitative estimate of drug-likeness (QED) is 0.494. The highest BCUT2D eigenvalue weighted by Gasteiger charge is 2.13. The Labute approximate surface area is 105 Å². The molecule has 88 valence electrons. The highest BCUT2D eigenvalue weighted by molar-refractivity contribution is 7.98. The Kier molecular flexibility index (Phi) is 4.26. The summed E-state index contributed by atoms with van der Waals surface area (Å²) >= 11 is 7.42. The Morgan fingerprint density at radius 2 is 2.44 bits per heavy atom. The molecular formula is C10H15ClN4S. The summed E-state index contributed by atoms with van der Waals surface area (Å²) in [6.07, 6.45) is 4.31. The van der Waals surface area contributed by atoms with Crippen molar-refractivity contribution in [1.82, 2.24) is 15.3 Å². The van der Waals surface area contributed by atoms with E-state index in [1.54, 1.807) is 6.07 Å². The van der Waals surface area contributed by atoms with Gasteiger partial charge >= 0.3 is 0 Å². The molecule has 2 N–H and O–H groups in total. The van der Waals surface area contributed by atoms with Crippen molar-refractivity contribution >= 4 is 29.2 Å². The molecule has 2 rings (SSSR count). The monoisotopic (exact) mass is 258 g/mol. The summed E-state index contributed by atoms with van der Waals surface area (Å²) in [5.41, 5.74) is 0. The van der Waals surface area contributed by atoms with Crippen LogP contribution in [0.2, 0.25) is 5.15 Å². The average molecular weight is 259 g/mol. The molecule has 1 aromatic heterocycles. The number of anilines is 1. The summed E-state index contributed by atoms with van der Waals surface area (Å²) in [5.74, 6) is 0.818. The molecule has 6 heteroatoms. The summed E-state index contributed by atoms with van der Waals surface area (Å²) in [6, 6.07) is 2.21. The van der Waals surface area contributed by atoms with E-state index in [-0.39, 0.29) is 0 Å². The molecule has 2 heterocycles. The molecule has 1 atom stereocenters. The highest BCUT2D eigenvalue weighted by Crippen LogP contribution is 2.18. The number of hydrogen-bond donors (Lipinski definition) is 2. The standard InChI is InChI=1S/C10H15ClN4S/c1-16-10-14-8(11)5-9(15-10)13-7-3-2-4-12-6-7/h5,7,12H,2-4,6H2,1H3,(H,13,14,15). The van der Waals surface area contributed by atoms with E-state index in [1.165, 1.54) is 24.6 Å². The molecular weight excluding hydrogens is 244 g/mol. The van der Waals surface area contributed by atoms with Gasteiger partial charge in [-0.25, -0.2) is 9.97 Å². The molecule has 1 saturated heterocycles. The first-order chi connectivity index (χ1) is 7.78. The van der Waals surface area contributed by atoms with Crippen LogP contribution in [0.4, 0.5) is 5.82 Å². The average Bonchev–Trinajstić information content (AvgIpc) is 2.29. The lowest BCUT2D eigenvalue weighted by molar-refractivity contribution is 0.478. The molecule has 1 unspecified atom stereocenters. The van der Waals surface area contributed by atoms with Crippen molar-refractivity contribution in [2.45, 2.75) is 24.0 Å². The lowest BCUT2D eigenvalue weighted by atomic mass is 10.1. The number of hydrogen-bond acceptors (Lipinski definition) is 5. The van der Waals surface area contributed by atoms with E-state index in [1.807, 2.05) is 6.26 Å². The molecule has 0 aromatic carbocycles. The first kappa shape index (κ1) is 12.0. The Morgan fingerprint density at radius 1 is 1.56 bits per heavy atom. The lowest BCUT2D eigenvalue weighted by Crippen LogP contribution is -2.38. The van der Waals surface area contributed by atoms with Crippen LogP contribution in [0.5, 0.6) is 0 Å². The van der Waals surface area contributed by atoms with Crippen LogP contribution >= 0.6 is 23.4 Å². The van der Waals surface area contributed by atoms with Gasteiger partial charge in [0.25, 0.3) is 0 Å². The molecule has 0 amide bonds. The van der Waals surface area contributed by atoms with Gasteiger partial charge in [0.05, 0.1) is 0 Å². The Hall–Kier alpha value is -0.520. The van der Waals surface area contributed by atoms with Gasteiger partial charge in [0.15, 0.2) is 5.16 Å². The number of rotatable bonds is 3. The third kappa shape index (κ3) is 3.23. The van der Waals surface area contributed by atoms with E-state index in [0.29, 0.717) is 16.4 Å². The maximum Gasteiger partial charge on any atom is 0.190 e. The first-order valence-electron chi connectivity index (χ1n) is 5.34. The molecule has 0 saturated carbocycles. The maximum atomic E-state index is 5.93. The number of nitrogens with zero attached hydrogens (tertiary/aromatic N) is 2. The van der Waals surface area contributed by atoms with Crippen molar-refractivity contribution in [3.63, 3.8) is 0 Å². The summed E-state index contributed by atoms with van der Waals surface area (Å²) in [6.45, 7) is 2.09. The number of piperidine rings is 1. The van der Waals surface area contributed by atoms with Crippen LogP contribution in [0.15, 0.2) is 11.2 Å². The minimum Gasteiger partial charge on any atom is -0.366 e. The minimum absolute atomic E-state index is 0.439. The Balaban J connectivity index is 2.04. The fourth-order valence-corrected chi connectivity index (χ4v) is 2.36. The van der Waals surface area contributed by atoms with Crippen LogP contribution in [-0.2, 0) is 0 Å². The van der Waals surface area contributed by atoms with Crippen LogP contribution in [0.1, 0.15) is 12.8 Å². The van der Waals surface area contributed by atoms with Crippen molar-refractivity contribution in [3.05, 3.63) is 11.2 Å². The van der Waals surface area contributed by atoms with Gasteiger partial charge in [0.2, 0.25) is 0 Å². The largest absolute Gasteiger partial charge is 0.366 e. The zero-order chi connectivity index (χ0) is 11.4. The molecule has 1 aliphatic rings. The summed E-state index contributed by atoms with van der Waals surface area (Å²) in [5, 5.41) is 7.94. The van der Waals surface area contributed by atoms with Crippen molar-refractivity contribution in [2.24, 2.45) is 0 Å². The van der Waals surface area contributed by atoms with Crippen LogP contribution in [-0.4, -0.2) is 35.4 Å². The lowest BCUT2D eigenvalue weighted by Gasteiger charge is -2.24. The molecule has 1 aromatic rings. The van der Waals surface area contributed by atoms with E-state index in [4.69, 9.17) is 11.6 Å². The van der Waals surface area contributed by atoms with Gasteiger partial charge in [-0.1, -0.05) is 23.4 Å². The fraction of sp³-hybridized carbons (Fsp3) is 0.600. The van der Waals surface area contributed by atoms with Crippen molar-refractivity contribution < 1.29 is 0 Å². The molecule has 0 aliphatic carbocycles. The minimum atomic E-state index is 0.439. The molecule has 4 nitrogen and oxygen atoms in total. The normalized spacial score (nSPS) is 20.8. The molecule has 0 bridgehead atoms. The molecule has 0 spiro atoms. The second-order valence-corrected chi connectivity index (χ2v) is 4.91. The number of aromatic nitrogens is 2. The Bertz CT molecular complexity index is 355. The number of thioether (sulfide) groups is 1. The first-order valence-corrected chi connectivity index (χ1v) is 6.94. The summed E-state index contributed by atoms with van der Waals surface area (Å²) < 4.78 is 0. The zero-order valence-corrected chi connectivity index (χ0v) is 10.7. The third-order valence-corrected chi connectivity index (χ3v) is 3.25. The summed E-state index contributed by atoms with van der Waals surface area (Å²) in [7, 11) is 0. The van der Waals surface area contributed by atoms with Crippen molar-refractivity contribution in [2.75, 3.05) is 24.7 Å². The van der Waals surface area contributed by atoms with Crippen LogP contribution < -0.4 is 10.6 Å². The smallest absolute Gasteiger partial charge is 0.190 e. The third-order valence-electron chi connectivity index (χ3n) is 2.51. The highest BCUT2D eigenvalue weighted by atomic mass is 35.5. The van der Waals surface area contributed by atoms with E-state index in [9.17, 15) is 0 Å². The zero-order valence-electron chi connectivity index (χ0n) is 9.16. The Morgan fingerprint density at radius 3 is 3.12 bits per heavy atom. The molecule has 1 aliphatic heterocycles.